The number of rotatable bonds is 0. The fourth-order valence-electron chi connectivity index (χ4n) is 3.22. The Morgan fingerprint density at radius 2 is 1.23 bits per heavy atom. The van der Waals surface area contributed by atoms with E-state index in [0.717, 1.165) is 24.7 Å². The molecule has 0 aromatic heterocycles. The molecule has 0 heterocycles. The molecule has 0 spiro atoms. The van der Waals surface area contributed by atoms with Crippen LogP contribution in [0.4, 0.5) is 0 Å². The topological polar surface area (TPSA) is 20.2 Å². The van der Waals surface area contributed by atoms with Gasteiger partial charge in [-0.25, -0.2) is 0 Å². The molecule has 0 aliphatic heterocycles. The van der Waals surface area contributed by atoms with Crippen molar-refractivity contribution in [3.8, 4) is 0 Å². The third kappa shape index (κ3) is 2.70. The lowest BCUT2D eigenvalue weighted by Crippen LogP contribution is -2.26. The van der Waals surface area contributed by atoms with Crippen LogP contribution in [0.1, 0.15) is 57.8 Å². The molecule has 2 atom stereocenters. The van der Waals surface area contributed by atoms with Gasteiger partial charge in [0, 0.05) is 0 Å². The normalized spacial score (nSPS) is 41.8. The van der Waals surface area contributed by atoms with E-state index in [9.17, 15) is 5.11 Å². The molecule has 13 heavy (non-hydrogen) atoms. The van der Waals surface area contributed by atoms with Gasteiger partial charge in [-0.05, 0) is 31.1 Å². The summed E-state index contributed by atoms with van der Waals surface area (Å²) in [6, 6.07) is 0. The molecule has 2 aliphatic rings. The summed E-state index contributed by atoms with van der Waals surface area (Å²) < 4.78 is 0. The average Bonchev–Trinajstić information content (AvgIpc) is 2.16. The van der Waals surface area contributed by atoms with E-state index in [-0.39, 0.29) is 6.10 Å². The molecule has 2 bridgehead atoms. The second-order valence-electron chi connectivity index (χ2n) is 5.08. The zero-order chi connectivity index (χ0) is 9.10. The molecular weight excluding hydrogens is 160 g/mol. The summed E-state index contributed by atoms with van der Waals surface area (Å²) >= 11 is 0. The summed E-state index contributed by atoms with van der Waals surface area (Å²) in [7, 11) is 0. The third-order valence-electron chi connectivity index (χ3n) is 3.85. The summed E-state index contributed by atoms with van der Waals surface area (Å²) in [6.07, 6.45) is 12.1. The minimum Gasteiger partial charge on any atom is -0.393 e. The van der Waals surface area contributed by atoms with Crippen LogP contribution >= 0.6 is 0 Å². The average molecular weight is 182 g/mol. The van der Waals surface area contributed by atoms with Crippen molar-refractivity contribution in [1.29, 1.82) is 0 Å². The molecule has 2 saturated carbocycles. The van der Waals surface area contributed by atoms with Gasteiger partial charge in [0.15, 0.2) is 0 Å². The maximum atomic E-state index is 9.72. The molecule has 0 radical (unpaired) electrons. The van der Waals surface area contributed by atoms with Gasteiger partial charge in [0.2, 0.25) is 0 Å². The van der Waals surface area contributed by atoms with E-state index in [1.807, 2.05) is 0 Å². The Bertz CT molecular complexity index is 139. The predicted octanol–water partition coefficient (Wildman–Crippen LogP) is 3.12. The van der Waals surface area contributed by atoms with Gasteiger partial charge >= 0.3 is 0 Å². The Kier molecular flexibility index (Phi) is 3.26. The van der Waals surface area contributed by atoms with Gasteiger partial charge in [-0.2, -0.15) is 0 Å². The van der Waals surface area contributed by atoms with Gasteiger partial charge in [-0.15, -0.1) is 0 Å². The van der Waals surface area contributed by atoms with Crippen LogP contribution in [-0.2, 0) is 0 Å². The van der Waals surface area contributed by atoms with Crippen molar-refractivity contribution in [3.05, 3.63) is 0 Å². The molecule has 1 nitrogen and oxygen atoms in total. The summed E-state index contributed by atoms with van der Waals surface area (Å²) in [6.45, 7) is 0. The first-order chi connectivity index (χ1) is 6.34. The van der Waals surface area contributed by atoms with E-state index >= 15 is 0 Å². The maximum Gasteiger partial charge on any atom is 0.0545 e. The monoisotopic (exact) mass is 182 g/mol. The highest BCUT2D eigenvalue weighted by molar-refractivity contribution is 4.79. The molecule has 1 N–H and O–H groups in total. The molecule has 2 unspecified atom stereocenters. The van der Waals surface area contributed by atoms with Crippen LogP contribution in [0, 0.1) is 11.8 Å². The second kappa shape index (κ2) is 4.45. The van der Waals surface area contributed by atoms with Crippen LogP contribution < -0.4 is 0 Å². The van der Waals surface area contributed by atoms with Crippen LogP contribution in [0.2, 0.25) is 0 Å². The van der Waals surface area contributed by atoms with Gasteiger partial charge in [-0.1, -0.05) is 38.5 Å². The largest absolute Gasteiger partial charge is 0.393 e. The fraction of sp³-hybridized carbons (Fsp3) is 1.00. The number of hydrogen-bond donors (Lipinski definition) is 1. The quantitative estimate of drug-likeness (QED) is 0.610. The van der Waals surface area contributed by atoms with Gasteiger partial charge in [0.25, 0.3) is 0 Å². The Balaban J connectivity index is 1.93. The minimum atomic E-state index is 0.0295. The molecule has 2 fully saturated rings. The van der Waals surface area contributed by atoms with Crippen molar-refractivity contribution in [1.82, 2.24) is 0 Å². The summed E-state index contributed by atoms with van der Waals surface area (Å²) in [5, 5.41) is 9.72. The smallest absolute Gasteiger partial charge is 0.0545 e. The van der Waals surface area contributed by atoms with Crippen LogP contribution in [0.25, 0.3) is 0 Å². The van der Waals surface area contributed by atoms with E-state index in [2.05, 4.69) is 0 Å². The predicted molar refractivity (Wildman–Crippen MR) is 54.5 cm³/mol. The van der Waals surface area contributed by atoms with Crippen molar-refractivity contribution < 1.29 is 5.11 Å². The molecule has 2 rings (SSSR count). The molecule has 0 amide bonds. The van der Waals surface area contributed by atoms with Crippen LogP contribution in [0.5, 0.6) is 0 Å². The second-order valence-corrected chi connectivity index (χ2v) is 5.08. The highest BCUT2D eigenvalue weighted by Gasteiger charge is 2.27. The van der Waals surface area contributed by atoms with Gasteiger partial charge in [0.05, 0.1) is 6.10 Å². The SMILES string of the molecule is OC1CC2CCCCCCC(C1)C2. The first-order valence-corrected chi connectivity index (χ1v) is 6.02. The minimum absolute atomic E-state index is 0.0295. The van der Waals surface area contributed by atoms with E-state index in [1.54, 1.807) is 0 Å². The molecule has 2 aliphatic carbocycles. The molecule has 0 aromatic carbocycles. The lowest BCUT2D eigenvalue weighted by Gasteiger charge is -2.31. The number of aliphatic hydroxyl groups excluding tert-OH is 1. The number of fused-ring (bicyclic) bond motifs is 2. The fourth-order valence-corrected chi connectivity index (χ4v) is 3.22. The van der Waals surface area contributed by atoms with E-state index in [1.165, 1.54) is 44.9 Å². The van der Waals surface area contributed by atoms with Crippen molar-refractivity contribution in [2.75, 3.05) is 0 Å². The van der Waals surface area contributed by atoms with Crippen LogP contribution in [0.15, 0.2) is 0 Å². The highest BCUT2D eigenvalue weighted by Crippen LogP contribution is 2.36. The van der Waals surface area contributed by atoms with Crippen molar-refractivity contribution in [2.45, 2.75) is 63.9 Å². The van der Waals surface area contributed by atoms with Gasteiger partial charge < -0.3 is 5.11 Å². The molecule has 0 aromatic rings. The van der Waals surface area contributed by atoms with E-state index in [4.69, 9.17) is 0 Å². The lowest BCUT2D eigenvalue weighted by atomic mass is 9.77. The Morgan fingerprint density at radius 1 is 0.692 bits per heavy atom. The lowest BCUT2D eigenvalue weighted by molar-refractivity contribution is 0.0651. The molecule has 0 saturated heterocycles. The van der Waals surface area contributed by atoms with Crippen molar-refractivity contribution in [3.63, 3.8) is 0 Å². The summed E-state index contributed by atoms with van der Waals surface area (Å²) in [5.74, 6) is 1.71. The Hall–Kier alpha value is -0.0400. The highest BCUT2D eigenvalue weighted by atomic mass is 16.3. The Labute approximate surface area is 81.5 Å². The molecule has 76 valence electrons. The summed E-state index contributed by atoms with van der Waals surface area (Å²) in [4.78, 5) is 0. The van der Waals surface area contributed by atoms with Crippen LogP contribution in [-0.4, -0.2) is 11.2 Å². The first kappa shape index (κ1) is 9.51. The molecular formula is C12H22O. The van der Waals surface area contributed by atoms with Crippen LogP contribution in [0.3, 0.4) is 0 Å². The number of aliphatic hydroxyl groups is 1. The summed E-state index contributed by atoms with van der Waals surface area (Å²) in [5.41, 5.74) is 0. The van der Waals surface area contributed by atoms with Crippen molar-refractivity contribution in [2.24, 2.45) is 11.8 Å². The van der Waals surface area contributed by atoms with E-state index in [0.29, 0.717) is 0 Å². The van der Waals surface area contributed by atoms with Gasteiger partial charge in [-0.3, -0.25) is 0 Å². The maximum absolute atomic E-state index is 9.72. The van der Waals surface area contributed by atoms with Crippen molar-refractivity contribution >= 4 is 0 Å². The zero-order valence-electron chi connectivity index (χ0n) is 8.54. The zero-order valence-corrected chi connectivity index (χ0v) is 8.54. The van der Waals surface area contributed by atoms with Gasteiger partial charge in [0.1, 0.15) is 0 Å². The molecule has 1 heteroatoms. The number of hydrogen-bond acceptors (Lipinski definition) is 1. The Morgan fingerprint density at radius 3 is 1.77 bits per heavy atom. The third-order valence-corrected chi connectivity index (χ3v) is 3.85. The first-order valence-electron chi connectivity index (χ1n) is 6.02. The standard InChI is InChI=1S/C12H22O/c13-12-8-10-5-3-1-2-4-6-11(7-10)9-12/h10-13H,1-9H2. The van der Waals surface area contributed by atoms with E-state index < -0.39 is 0 Å².